The molecule has 1 saturated heterocycles. The van der Waals surface area contributed by atoms with Crippen molar-refractivity contribution in [2.75, 3.05) is 31.6 Å². The van der Waals surface area contributed by atoms with Gasteiger partial charge >= 0.3 is 0 Å². The SMILES string of the molecule is CCOCCC(=O)N1CCC(c2nc(C(=O)Nc3ccccc3-c3ccc(CC)cc3)cs2)CC1. The zero-order valence-electron chi connectivity index (χ0n) is 20.5. The van der Waals surface area contributed by atoms with E-state index >= 15 is 0 Å². The van der Waals surface area contributed by atoms with Gasteiger partial charge in [0.15, 0.2) is 0 Å². The molecule has 0 atom stereocenters. The number of carbonyl (C=O) groups excluding carboxylic acids is 2. The molecule has 184 valence electrons. The van der Waals surface area contributed by atoms with Gasteiger partial charge in [-0.05, 0) is 43.4 Å². The summed E-state index contributed by atoms with van der Waals surface area (Å²) >= 11 is 1.53. The highest BCUT2D eigenvalue weighted by Crippen LogP contribution is 2.32. The highest BCUT2D eigenvalue weighted by Gasteiger charge is 2.26. The van der Waals surface area contributed by atoms with E-state index in [1.807, 2.05) is 41.5 Å². The first kappa shape index (κ1) is 25.1. The molecule has 0 aliphatic carbocycles. The first-order chi connectivity index (χ1) is 17.1. The zero-order chi connectivity index (χ0) is 24.6. The lowest BCUT2D eigenvalue weighted by atomic mass is 9.97. The lowest BCUT2D eigenvalue weighted by Crippen LogP contribution is -2.38. The Hall–Kier alpha value is -3.03. The van der Waals surface area contributed by atoms with Crippen LogP contribution in [0.15, 0.2) is 53.9 Å². The normalized spacial score (nSPS) is 14.2. The molecule has 2 amide bonds. The first-order valence-corrected chi connectivity index (χ1v) is 13.3. The van der Waals surface area contributed by atoms with E-state index in [1.165, 1.54) is 16.9 Å². The number of piperidine rings is 1. The minimum atomic E-state index is -0.200. The smallest absolute Gasteiger partial charge is 0.275 e. The summed E-state index contributed by atoms with van der Waals surface area (Å²) in [4.78, 5) is 31.9. The van der Waals surface area contributed by atoms with Gasteiger partial charge in [0, 0.05) is 42.2 Å². The molecule has 0 radical (unpaired) electrons. The van der Waals surface area contributed by atoms with E-state index in [0.29, 0.717) is 25.3 Å². The Balaban J connectivity index is 1.37. The van der Waals surface area contributed by atoms with Crippen molar-refractivity contribution in [1.82, 2.24) is 9.88 Å². The molecule has 7 heteroatoms. The van der Waals surface area contributed by atoms with Gasteiger partial charge in [-0.25, -0.2) is 4.98 Å². The molecular formula is C28H33N3O3S. The average molecular weight is 492 g/mol. The minimum Gasteiger partial charge on any atom is -0.381 e. The van der Waals surface area contributed by atoms with Crippen molar-refractivity contribution in [3.05, 3.63) is 70.2 Å². The monoisotopic (exact) mass is 491 g/mol. The van der Waals surface area contributed by atoms with Gasteiger partial charge < -0.3 is 15.0 Å². The summed E-state index contributed by atoms with van der Waals surface area (Å²) in [6.45, 7) is 6.63. The number of benzene rings is 2. The fourth-order valence-electron chi connectivity index (χ4n) is 4.37. The second-order valence-corrected chi connectivity index (χ2v) is 9.61. The number of hydrogen-bond acceptors (Lipinski definition) is 5. The maximum absolute atomic E-state index is 13.0. The second kappa shape index (κ2) is 12.1. The summed E-state index contributed by atoms with van der Waals surface area (Å²) in [6, 6.07) is 16.3. The number of nitrogens with one attached hydrogen (secondary N) is 1. The van der Waals surface area contributed by atoms with Gasteiger partial charge in [-0.15, -0.1) is 11.3 Å². The van der Waals surface area contributed by atoms with E-state index in [9.17, 15) is 9.59 Å². The summed E-state index contributed by atoms with van der Waals surface area (Å²) in [7, 11) is 0. The van der Waals surface area contributed by atoms with Crippen molar-refractivity contribution in [3.8, 4) is 11.1 Å². The van der Waals surface area contributed by atoms with E-state index < -0.39 is 0 Å². The Kier molecular flexibility index (Phi) is 8.66. The van der Waals surface area contributed by atoms with Crippen LogP contribution < -0.4 is 5.32 Å². The third kappa shape index (κ3) is 6.35. The fraction of sp³-hybridized carbons (Fsp3) is 0.393. The number of amides is 2. The maximum atomic E-state index is 13.0. The molecule has 0 saturated carbocycles. The lowest BCUT2D eigenvalue weighted by molar-refractivity contribution is -0.133. The largest absolute Gasteiger partial charge is 0.381 e. The number of thiazole rings is 1. The summed E-state index contributed by atoms with van der Waals surface area (Å²) in [5, 5.41) is 5.87. The Morgan fingerprint density at radius 1 is 1.09 bits per heavy atom. The first-order valence-electron chi connectivity index (χ1n) is 12.4. The van der Waals surface area contributed by atoms with Gasteiger partial charge in [-0.1, -0.05) is 49.4 Å². The Labute approximate surface area is 211 Å². The van der Waals surface area contributed by atoms with Crippen LogP contribution in [0.5, 0.6) is 0 Å². The Bertz CT molecular complexity index is 1130. The molecule has 0 spiro atoms. The highest BCUT2D eigenvalue weighted by atomic mass is 32.1. The van der Waals surface area contributed by atoms with Crippen LogP contribution in [0.4, 0.5) is 5.69 Å². The highest BCUT2D eigenvalue weighted by molar-refractivity contribution is 7.10. The number of ether oxygens (including phenoxy) is 1. The fourth-order valence-corrected chi connectivity index (χ4v) is 5.34. The standard InChI is InChI=1S/C28H33N3O3S/c1-3-20-9-11-21(12-10-20)23-7-5-6-8-24(23)29-27(33)25-19-35-28(30-25)22-13-16-31(17-14-22)26(32)15-18-34-4-2/h5-12,19,22H,3-4,13-18H2,1-2H3,(H,29,33). The van der Waals surface area contributed by atoms with Crippen molar-refractivity contribution < 1.29 is 14.3 Å². The van der Waals surface area contributed by atoms with Crippen LogP contribution >= 0.6 is 11.3 Å². The van der Waals surface area contributed by atoms with Crippen LogP contribution in [-0.2, 0) is 16.0 Å². The van der Waals surface area contributed by atoms with Crippen LogP contribution in [0.25, 0.3) is 11.1 Å². The van der Waals surface area contributed by atoms with E-state index in [0.717, 1.165) is 54.2 Å². The molecule has 1 aliphatic rings. The molecule has 2 heterocycles. The minimum absolute atomic E-state index is 0.152. The van der Waals surface area contributed by atoms with Gasteiger partial charge in [0.1, 0.15) is 5.69 Å². The average Bonchev–Trinajstić information content (AvgIpc) is 3.40. The van der Waals surface area contributed by atoms with Crippen molar-refractivity contribution >= 4 is 28.8 Å². The van der Waals surface area contributed by atoms with Gasteiger partial charge in [-0.2, -0.15) is 0 Å². The number of likely N-dealkylation sites (tertiary alicyclic amines) is 1. The number of carbonyl (C=O) groups is 2. The summed E-state index contributed by atoms with van der Waals surface area (Å²) < 4.78 is 5.30. The van der Waals surface area contributed by atoms with Crippen LogP contribution in [0.1, 0.15) is 60.1 Å². The summed E-state index contributed by atoms with van der Waals surface area (Å²) in [6.07, 6.45) is 3.16. The van der Waals surface area contributed by atoms with Gasteiger partial charge in [0.2, 0.25) is 5.91 Å². The number of rotatable bonds is 9. The van der Waals surface area contributed by atoms with Crippen molar-refractivity contribution in [2.45, 2.75) is 45.4 Å². The maximum Gasteiger partial charge on any atom is 0.275 e. The number of hydrogen-bond donors (Lipinski definition) is 1. The quantitative estimate of drug-likeness (QED) is 0.387. The van der Waals surface area contributed by atoms with E-state index in [2.05, 4.69) is 41.5 Å². The third-order valence-electron chi connectivity index (χ3n) is 6.46. The molecule has 1 N–H and O–H groups in total. The molecule has 0 unspecified atom stereocenters. The molecule has 35 heavy (non-hydrogen) atoms. The van der Waals surface area contributed by atoms with E-state index in [-0.39, 0.29) is 17.7 Å². The zero-order valence-corrected chi connectivity index (χ0v) is 21.3. The summed E-state index contributed by atoms with van der Waals surface area (Å²) in [5.41, 5.74) is 4.55. The molecule has 1 aliphatic heterocycles. The Morgan fingerprint density at radius 2 is 1.83 bits per heavy atom. The molecule has 1 aromatic heterocycles. The molecule has 1 fully saturated rings. The van der Waals surface area contributed by atoms with Crippen LogP contribution in [0, 0.1) is 0 Å². The predicted molar refractivity (Wildman–Crippen MR) is 141 cm³/mol. The second-order valence-electron chi connectivity index (χ2n) is 8.72. The number of nitrogens with zero attached hydrogens (tertiary/aromatic N) is 2. The van der Waals surface area contributed by atoms with Crippen LogP contribution in [0.3, 0.4) is 0 Å². The van der Waals surface area contributed by atoms with Crippen LogP contribution in [-0.4, -0.2) is 48.0 Å². The van der Waals surface area contributed by atoms with Crippen LogP contribution in [0.2, 0.25) is 0 Å². The molecule has 0 bridgehead atoms. The number of aromatic nitrogens is 1. The van der Waals surface area contributed by atoms with E-state index in [1.54, 1.807) is 0 Å². The van der Waals surface area contributed by atoms with Crippen molar-refractivity contribution in [1.29, 1.82) is 0 Å². The van der Waals surface area contributed by atoms with Gasteiger partial charge in [0.25, 0.3) is 5.91 Å². The number of aryl methyl sites for hydroxylation is 1. The summed E-state index contributed by atoms with van der Waals surface area (Å²) in [5.74, 6) is 0.231. The number of anilines is 1. The Morgan fingerprint density at radius 3 is 2.54 bits per heavy atom. The van der Waals surface area contributed by atoms with E-state index in [4.69, 9.17) is 4.74 Å². The van der Waals surface area contributed by atoms with Gasteiger partial charge in [-0.3, -0.25) is 9.59 Å². The van der Waals surface area contributed by atoms with Crippen molar-refractivity contribution in [3.63, 3.8) is 0 Å². The lowest BCUT2D eigenvalue weighted by Gasteiger charge is -2.31. The predicted octanol–water partition coefficient (Wildman–Crippen LogP) is 5.76. The third-order valence-corrected chi connectivity index (χ3v) is 7.47. The molecule has 6 nitrogen and oxygen atoms in total. The van der Waals surface area contributed by atoms with Crippen molar-refractivity contribution in [2.24, 2.45) is 0 Å². The number of para-hydroxylation sites is 1. The molecular weight excluding hydrogens is 458 g/mol. The molecule has 2 aromatic carbocycles. The molecule has 4 rings (SSSR count). The van der Waals surface area contributed by atoms with Gasteiger partial charge in [0.05, 0.1) is 18.0 Å². The molecule has 3 aromatic rings. The topological polar surface area (TPSA) is 71.5 Å².